The molecule has 0 aliphatic carbocycles. The lowest BCUT2D eigenvalue weighted by molar-refractivity contribution is -0.115. The van der Waals surface area contributed by atoms with Gasteiger partial charge in [0.15, 0.2) is 0 Å². The van der Waals surface area contributed by atoms with Crippen LogP contribution in [0.4, 0.5) is 9.52 Å². The van der Waals surface area contributed by atoms with Crippen molar-refractivity contribution in [3.05, 3.63) is 41.0 Å². The molecule has 1 amide bonds. The Balaban J connectivity index is 1.69. The van der Waals surface area contributed by atoms with Crippen LogP contribution >= 0.6 is 11.3 Å². The molecule has 3 aromatic rings. The third-order valence-electron chi connectivity index (χ3n) is 2.99. The van der Waals surface area contributed by atoms with Gasteiger partial charge in [-0.3, -0.25) is 4.79 Å². The lowest BCUT2D eigenvalue weighted by Gasteiger charge is -1.98. The molecule has 22 heavy (non-hydrogen) atoms. The number of amides is 1. The molecule has 3 heterocycles. The van der Waals surface area contributed by atoms with Crippen LogP contribution in [0.25, 0.3) is 5.65 Å². The molecule has 0 fully saturated rings. The predicted octanol–water partition coefficient (Wildman–Crippen LogP) is 2.63. The molecule has 1 N–H and O–H groups in total. The number of anilines is 1. The van der Waals surface area contributed by atoms with Crippen LogP contribution in [0, 0.1) is 5.82 Å². The second kappa shape index (κ2) is 5.80. The van der Waals surface area contributed by atoms with Crippen molar-refractivity contribution >= 4 is 28.0 Å². The van der Waals surface area contributed by atoms with E-state index in [1.165, 1.54) is 23.6 Å². The first-order valence-corrected chi connectivity index (χ1v) is 7.59. The van der Waals surface area contributed by atoms with E-state index < -0.39 is 0 Å². The minimum atomic E-state index is -0.351. The molecule has 0 saturated heterocycles. The predicted molar refractivity (Wildman–Crippen MR) is 81.5 cm³/mol. The summed E-state index contributed by atoms with van der Waals surface area (Å²) >= 11 is 1.36. The first-order valence-electron chi connectivity index (χ1n) is 6.77. The molecule has 6 nitrogen and oxygen atoms in total. The first-order chi connectivity index (χ1) is 10.5. The van der Waals surface area contributed by atoms with E-state index in [2.05, 4.69) is 20.5 Å². The van der Waals surface area contributed by atoms with Gasteiger partial charge < -0.3 is 9.72 Å². The summed E-state index contributed by atoms with van der Waals surface area (Å²) in [6.07, 6.45) is 3.06. The van der Waals surface area contributed by atoms with E-state index in [1.807, 2.05) is 13.8 Å². The van der Waals surface area contributed by atoms with Crippen LogP contribution in [0.15, 0.2) is 24.5 Å². The Morgan fingerprint density at radius 2 is 2.18 bits per heavy atom. The van der Waals surface area contributed by atoms with Gasteiger partial charge in [-0.15, -0.1) is 10.2 Å². The van der Waals surface area contributed by atoms with Crippen LogP contribution in [-0.2, 0) is 11.2 Å². The number of hydrogen-bond donors (Lipinski definition) is 1. The Bertz CT molecular complexity index is 826. The highest BCUT2D eigenvalue weighted by Crippen LogP contribution is 2.22. The summed E-state index contributed by atoms with van der Waals surface area (Å²) in [6, 6.07) is 2.90. The highest BCUT2D eigenvalue weighted by atomic mass is 32.1. The minimum Gasteiger partial charge on any atom is -0.304 e. The topological polar surface area (TPSA) is 72.2 Å². The summed E-state index contributed by atoms with van der Waals surface area (Å²) in [4.78, 5) is 16.3. The minimum absolute atomic E-state index is 0.0971. The smallest absolute Gasteiger partial charge is 0.232 e. The molecule has 3 rings (SSSR count). The molecule has 0 unspecified atom stereocenters. The van der Waals surface area contributed by atoms with Crippen molar-refractivity contribution < 1.29 is 9.18 Å². The highest BCUT2D eigenvalue weighted by Gasteiger charge is 2.12. The number of hydrogen-bond acceptors (Lipinski definition) is 5. The quantitative estimate of drug-likeness (QED) is 0.802. The fourth-order valence-electron chi connectivity index (χ4n) is 1.95. The third kappa shape index (κ3) is 3.11. The number of carbonyl (C=O) groups is 1. The maximum Gasteiger partial charge on any atom is 0.232 e. The SMILES string of the molecule is CC(C)c1nnc(NC(=O)Cc2cn3cc(F)ccc3n2)s1. The zero-order valence-corrected chi connectivity index (χ0v) is 12.9. The Hall–Kier alpha value is -2.35. The largest absolute Gasteiger partial charge is 0.304 e. The van der Waals surface area contributed by atoms with Gasteiger partial charge in [-0.25, -0.2) is 9.37 Å². The number of rotatable bonds is 4. The number of nitrogens with zero attached hydrogens (tertiary/aromatic N) is 4. The molecule has 0 radical (unpaired) electrons. The summed E-state index contributed by atoms with van der Waals surface area (Å²) in [5, 5.41) is 12.0. The van der Waals surface area contributed by atoms with E-state index in [0.717, 1.165) is 5.01 Å². The molecule has 0 aromatic carbocycles. The summed E-state index contributed by atoms with van der Waals surface area (Å²) in [7, 11) is 0. The van der Waals surface area contributed by atoms with E-state index in [0.29, 0.717) is 16.5 Å². The Morgan fingerprint density at radius 3 is 2.91 bits per heavy atom. The average molecular weight is 319 g/mol. The molecule has 8 heteroatoms. The summed E-state index contributed by atoms with van der Waals surface area (Å²) < 4.78 is 14.7. The van der Waals surface area contributed by atoms with Gasteiger partial charge in [0.05, 0.1) is 12.1 Å². The molecule has 0 atom stereocenters. The number of nitrogens with one attached hydrogen (secondary N) is 1. The van der Waals surface area contributed by atoms with Gasteiger partial charge in [0.1, 0.15) is 16.5 Å². The van der Waals surface area contributed by atoms with Gasteiger partial charge in [-0.05, 0) is 12.1 Å². The number of aromatic nitrogens is 4. The molecule has 0 bridgehead atoms. The fourth-order valence-corrected chi connectivity index (χ4v) is 2.71. The number of pyridine rings is 1. The summed E-state index contributed by atoms with van der Waals surface area (Å²) in [5.74, 6) is -0.303. The van der Waals surface area contributed by atoms with Crippen molar-refractivity contribution in [1.82, 2.24) is 19.6 Å². The van der Waals surface area contributed by atoms with Crippen molar-refractivity contribution in [1.29, 1.82) is 0 Å². The summed E-state index contributed by atoms with van der Waals surface area (Å²) in [6.45, 7) is 4.03. The molecule has 0 saturated carbocycles. The molecule has 0 spiro atoms. The van der Waals surface area contributed by atoms with Crippen LogP contribution in [0.2, 0.25) is 0 Å². The zero-order chi connectivity index (χ0) is 15.7. The van der Waals surface area contributed by atoms with E-state index in [9.17, 15) is 9.18 Å². The maximum atomic E-state index is 13.1. The Labute approximate surface area is 130 Å². The van der Waals surface area contributed by atoms with E-state index in [-0.39, 0.29) is 24.1 Å². The van der Waals surface area contributed by atoms with Crippen molar-refractivity contribution in [2.45, 2.75) is 26.2 Å². The van der Waals surface area contributed by atoms with Crippen LogP contribution in [0.5, 0.6) is 0 Å². The first kappa shape index (κ1) is 14.6. The molecular formula is C14H14FN5OS. The van der Waals surface area contributed by atoms with Crippen LogP contribution in [-0.4, -0.2) is 25.5 Å². The molecule has 114 valence electrons. The van der Waals surface area contributed by atoms with Gasteiger partial charge in [0, 0.05) is 18.3 Å². The van der Waals surface area contributed by atoms with E-state index >= 15 is 0 Å². The number of carbonyl (C=O) groups excluding carboxylic acids is 1. The molecular weight excluding hydrogens is 305 g/mol. The second-order valence-corrected chi connectivity index (χ2v) is 6.18. The second-order valence-electron chi connectivity index (χ2n) is 5.17. The zero-order valence-electron chi connectivity index (χ0n) is 12.1. The number of imidazole rings is 1. The molecule has 3 aromatic heterocycles. The number of fused-ring (bicyclic) bond motifs is 1. The van der Waals surface area contributed by atoms with E-state index in [4.69, 9.17) is 0 Å². The Morgan fingerprint density at radius 1 is 1.36 bits per heavy atom. The van der Waals surface area contributed by atoms with Crippen LogP contribution in [0.1, 0.15) is 30.5 Å². The van der Waals surface area contributed by atoms with Crippen molar-refractivity contribution in [3.63, 3.8) is 0 Å². The third-order valence-corrected chi connectivity index (χ3v) is 4.13. The van der Waals surface area contributed by atoms with Gasteiger partial charge in [0.2, 0.25) is 11.0 Å². The van der Waals surface area contributed by atoms with Gasteiger partial charge in [0.25, 0.3) is 0 Å². The van der Waals surface area contributed by atoms with Gasteiger partial charge >= 0.3 is 0 Å². The average Bonchev–Trinajstić information content (AvgIpc) is 3.04. The molecule has 0 aliphatic heterocycles. The lowest BCUT2D eigenvalue weighted by Crippen LogP contribution is -2.14. The fraction of sp³-hybridized carbons (Fsp3) is 0.286. The summed E-state index contributed by atoms with van der Waals surface area (Å²) in [5.41, 5.74) is 1.17. The van der Waals surface area contributed by atoms with Gasteiger partial charge in [-0.1, -0.05) is 25.2 Å². The lowest BCUT2D eigenvalue weighted by atomic mass is 10.2. The van der Waals surface area contributed by atoms with Crippen molar-refractivity contribution in [2.75, 3.05) is 5.32 Å². The van der Waals surface area contributed by atoms with E-state index in [1.54, 1.807) is 16.7 Å². The normalized spacial score (nSPS) is 11.3. The highest BCUT2D eigenvalue weighted by molar-refractivity contribution is 7.15. The number of halogens is 1. The Kier molecular flexibility index (Phi) is 3.84. The van der Waals surface area contributed by atoms with Crippen molar-refractivity contribution in [3.8, 4) is 0 Å². The van der Waals surface area contributed by atoms with Crippen LogP contribution < -0.4 is 5.32 Å². The standard InChI is InChI=1S/C14H14FN5OS/c1-8(2)13-18-19-14(22-13)17-12(21)5-10-7-20-6-9(15)3-4-11(20)16-10/h3-4,6-8H,5H2,1-2H3,(H,17,19,21). The van der Waals surface area contributed by atoms with Crippen LogP contribution in [0.3, 0.4) is 0 Å². The van der Waals surface area contributed by atoms with Crippen molar-refractivity contribution in [2.24, 2.45) is 0 Å². The monoisotopic (exact) mass is 319 g/mol. The maximum absolute atomic E-state index is 13.1. The van der Waals surface area contributed by atoms with Gasteiger partial charge in [-0.2, -0.15) is 0 Å². The molecule has 0 aliphatic rings.